The smallest absolute Gasteiger partial charge is 0.145 e. The quantitative estimate of drug-likeness (QED) is 0.904. The van der Waals surface area contributed by atoms with E-state index in [1.165, 1.54) is 0 Å². The molecule has 0 atom stereocenters. The molecule has 0 amide bonds. The van der Waals surface area contributed by atoms with Gasteiger partial charge in [0.2, 0.25) is 0 Å². The second-order valence-corrected chi connectivity index (χ2v) is 4.64. The Labute approximate surface area is 112 Å². The maximum Gasteiger partial charge on any atom is 0.145 e. The number of nitrogens with one attached hydrogen (secondary N) is 1. The number of hydrogen-bond donors (Lipinski definition) is 1. The molecule has 1 fully saturated rings. The molecule has 2 heterocycles. The van der Waals surface area contributed by atoms with Crippen molar-refractivity contribution in [2.24, 2.45) is 0 Å². The van der Waals surface area contributed by atoms with Gasteiger partial charge in [-0.05, 0) is 12.1 Å². The second-order valence-electron chi connectivity index (χ2n) is 4.64. The van der Waals surface area contributed by atoms with Gasteiger partial charge in [0.1, 0.15) is 11.6 Å². The van der Waals surface area contributed by atoms with Crippen molar-refractivity contribution in [3.8, 4) is 0 Å². The van der Waals surface area contributed by atoms with Gasteiger partial charge in [0.05, 0.1) is 25.3 Å². The van der Waals surface area contributed by atoms with Gasteiger partial charge in [-0.25, -0.2) is 9.97 Å². The molecule has 0 radical (unpaired) electrons. The number of morpholine rings is 1. The molecule has 1 saturated heterocycles. The average Bonchev–Trinajstić information content (AvgIpc) is 2.47. The summed E-state index contributed by atoms with van der Waals surface area (Å²) in [6.07, 6.45) is 0. The van der Waals surface area contributed by atoms with Gasteiger partial charge < -0.3 is 10.1 Å². The van der Waals surface area contributed by atoms with Crippen LogP contribution in [0.15, 0.2) is 24.3 Å². The molecular weight excluding hydrogens is 240 g/mol. The molecule has 2 aromatic rings. The minimum absolute atomic E-state index is 0.781. The second kappa shape index (κ2) is 5.50. The van der Waals surface area contributed by atoms with Gasteiger partial charge in [-0.3, -0.25) is 4.90 Å². The van der Waals surface area contributed by atoms with Gasteiger partial charge in [0, 0.05) is 25.5 Å². The van der Waals surface area contributed by atoms with Gasteiger partial charge in [0.15, 0.2) is 0 Å². The van der Waals surface area contributed by atoms with E-state index in [9.17, 15) is 0 Å². The number of benzene rings is 1. The van der Waals surface area contributed by atoms with Crippen LogP contribution in [-0.2, 0) is 11.3 Å². The van der Waals surface area contributed by atoms with Crippen LogP contribution in [-0.4, -0.2) is 48.2 Å². The molecular formula is C14H18N4O. The van der Waals surface area contributed by atoms with E-state index in [-0.39, 0.29) is 0 Å². The first-order valence-electron chi connectivity index (χ1n) is 6.60. The van der Waals surface area contributed by atoms with E-state index in [4.69, 9.17) is 4.74 Å². The number of fused-ring (bicyclic) bond motifs is 1. The molecule has 0 spiro atoms. The van der Waals surface area contributed by atoms with Crippen LogP contribution in [0.2, 0.25) is 0 Å². The zero-order chi connectivity index (χ0) is 13.1. The Hall–Kier alpha value is -1.72. The summed E-state index contributed by atoms with van der Waals surface area (Å²) in [5.41, 5.74) is 0.991. The lowest BCUT2D eigenvalue weighted by Crippen LogP contribution is -2.36. The van der Waals surface area contributed by atoms with Crippen molar-refractivity contribution in [3.63, 3.8) is 0 Å². The molecule has 1 aliphatic rings. The molecule has 1 N–H and O–H groups in total. The summed E-state index contributed by atoms with van der Waals surface area (Å²) in [4.78, 5) is 11.6. The molecule has 1 aromatic carbocycles. The zero-order valence-corrected chi connectivity index (χ0v) is 11.1. The van der Waals surface area contributed by atoms with Crippen LogP contribution in [0.3, 0.4) is 0 Å². The molecule has 1 aromatic heterocycles. The predicted molar refractivity (Wildman–Crippen MR) is 75.2 cm³/mol. The number of hydrogen-bond acceptors (Lipinski definition) is 5. The van der Waals surface area contributed by atoms with Crippen LogP contribution in [0.4, 0.5) is 5.82 Å². The molecule has 0 saturated carbocycles. The third kappa shape index (κ3) is 2.67. The van der Waals surface area contributed by atoms with Gasteiger partial charge in [-0.15, -0.1) is 0 Å². The average molecular weight is 258 g/mol. The molecule has 1 aliphatic heterocycles. The van der Waals surface area contributed by atoms with E-state index < -0.39 is 0 Å². The fraction of sp³-hybridized carbons (Fsp3) is 0.429. The van der Waals surface area contributed by atoms with Gasteiger partial charge >= 0.3 is 0 Å². The van der Waals surface area contributed by atoms with Crippen molar-refractivity contribution >= 4 is 16.7 Å². The largest absolute Gasteiger partial charge is 0.379 e. The summed E-state index contributed by atoms with van der Waals surface area (Å²) in [5.74, 6) is 1.76. The number of aromatic nitrogens is 2. The molecule has 19 heavy (non-hydrogen) atoms. The van der Waals surface area contributed by atoms with Crippen LogP contribution < -0.4 is 5.32 Å². The Kier molecular flexibility index (Phi) is 3.57. The maximum atomic E-state index is 5.36. The number of rotatable bonds is 3. The Balaban J connectivity index is 1.90. The van der Waals surface area contributed by atoms with Crippen LogP contribution in [0.25, 0.3) is 10.9 Å². The molecule has 0 unspecified atom stereocenters. The Bertz CT molecular complexity index is 566. The highest BCUT2D eigenvalue weighted by Crippen LogP contribution is 2.20. The normalized spacial score (nSPS) is 16.7. The number of nitrogens with zero attached hydrogens (tertiary/aromatic N) is 3. The number of para-hydroxylation sites is 1. The third-order valence-corrected chi connectivity index (χ3v) is 3.36. The third-order valence-electron chi connectivity index (χ3n) is 3.36. The molecule has 0 bridgehead atoms. The van der Waals surface area contributed by atoms with Gasteiger partial charge in [-0.2, -0.15) is 0 Å². The Morgan fingerprint density at radius 1 is 1.21 bits per heavy atom. The summed E-state index contributed by atoms with van der Waals surface area (Å²) in [7, 11) is 1.90. The fourth-order valence-corrected chi connectivity index (χ4v) is 2.35. The Morgan fingerprint density at radius 2 is 2.00 bits per heavy atom. The molecule has 5 heteroatoms. The van der Waals surface area contributed by atoms with E-state index in [0.717, 1.165) is 55.4 Å². The minimum atomic E-state index is 0.781. The van der Waals surface area contributed by atoms with Gasteiger partial charge in [-0.1, -0.05) is 12.1 Å². The topological polar surface area (TPSA) is 50.3 Å². The van der Waals surface area contributed by atoms with E-state index in [2.05, 4.69) is 20.2 Å². The van der Waals surface area contributed by atoms with Crippen molar-refractivity contribution in [1.82, 2.24) is 14.9 Å². The molecule has 5 nitrogen and oxygen atoms in total. The first-order valence-corrected chi connectivity index (χ1v) is 6.60. The summed E-state index contributed by atoms with van der Waals surface area (Å²) in [5, 5.41) is 4.22. The van der Waals surface area contributed by atoms with E-state index in [1.807, 2.05) is 31.3 Å². The first-order chi connectivity index (χ1) is 9.36. The summed E-state index contributed by atoms with van der Waals surface area (Å²) < 4.78 is 5.36. The first kappa shape index (κ1) is 12.3. The number of anilines is 1. The lowest BCUT2D eigenvalue weighted by atomic mass is 10.2. The van der Waals surface area contributed by atoms with Crippen molar-refractivity contribution < 1.29 is 4.74 Å². The van der Waals surface area contributed by atoms with Crippen molar-refractivity contribution in [3.05, 3.63) is 30.1 Å². The monoisotopic (exact) mass is 258 g/mol. The highest BCUT2D eigenvalue weighted by molar-refractivity contribution is 5.88. The van der Waals surface area contributed by atoms with Crippen molar-refractivity contribution in [2.45, 2.75) is 6.54 Å². The minimum Gasteiger partial charge on any atom is -0.379 e. The Morgan fingerprint density at radius 3 is 2.79 bits per heavy atom. The standard InChI is InChI=1S/C14H18N4O/c1-15-14-11-4-2-3-5-12(11)16-13(17-14)10-18-6-8-19-9-7-18/h2-5H,6-10H2,1H3,(H,15,16,17). The SMILES string of the molecule is CNc1nc(CN2CCOCC2)nc2ccccc12. The lowest BCUT2D eigenvalue weighted by molar-refractivity contribution is 0.0331. The number of ether oxygens (including phenoxy) is 1. The fourth-order valence-electron chi connectivity index (χ4n) is 2.35. The van der Waals surface area contributed by atoms with Crippen LogP contribution in [0.5, 0.6) is 0 Å². The maximum absolute atomic E-state index is 5.36. The van der Waals surface area contributed by atoms with Crippen LogP contribution in [0.1, 0.15) is 5.82 Å². The molecule has 100 valence electrons. The predicted octanol–water partition coefficient (Wildman–Crippen LogP) is 1.50. The van der Waals surface area contributed by atoms with E-state index in [1.54, 1.807) is 0 Å². The van der Waals surface area contributed by atoms with Crippen LogP contribution >= 0.6 is 0 Å². The van der Waals surface area contributed by atoms with E-state index in [0.29, 0.717) is 0 Å². The summed E-state index contributed by atoms with van der Waals surface area (Å²) in [6, 6.07) is 8.09. The zero-order valence-electron chi connectivity index (χ0n) is 11.1. The van der Waals surface area contributed by atoms with E-state index >= 15 is 0 Å². The van der Waals surface area contributed by atoms with Gasteiger partial charge in [0.25, 0.3) is 0 Å². The lowest BCUT2D eigenvalue weighted by Gasteiger charge is -2.25. The van der Waals surface area contributed by atoms with Crippen molar-refractivity contribution in [1.29, 1.82) is 0 Å². The summed E-state index contributed by atoms with van der Waals surface area (Å²) in [6.45, 7) is 4.28. The van der Waals surface area contributed by atoms with Crippen molar-refractivity contribution in [2.75, 3.05) is 38.7 Å². The molecule has 0 aliphatic carbocycles. The summed E-state index contributed by atoms with van der Waals surface area (Å²) >= 11 is 0. The van der Waals surface area contributed by atoms with Crippen LogP contribution in [0, 0.1) is 0 Å². The molecule has 3 rings (SSSR count). The highest BCUT2D eigenvalue weighted by atomic mass is 16.5. The highest BCUT2D eigenvalue weighted by Gasteiger charge is 2.13.